The molecule has 0 spiro atoms. The molecular formula is C33H66N2S. The fourth-order valence-corrected chi connectivity index (χ4v) is 9.43. The maximum atomic E-state index is 7.48. The largest absolute Gasteiger partial charge is 0.326 e. The molecule has 2 nitrogen and oxygen atoms in total. The average molecular weight is 523 g/mol. The summed E-state index contributed by atoms with van der Waals surface area (Å²) in [5, 5.41) is 0.332. The zero-order chi connectivity index (χ0) is 27.3. The Kier molecular flexibility index (Phi) is 12.2. The van der Waals surface area contributed by atoms with Gasteiger partial charge in [-0.1, -0.05) is 114 Å². The van der Waals surface area contributed by atoms with Gasteiger partial charge >= 0.3 is 0 Å². The molecule has 0 bridgehead atoms. The number of thiol groups is 1. The van der Waals surface area contributed by atoms with Crippen LogP contribution < -0.4 is 11.5 Å². The van der Waals surface area contributed by atoms with Crippen molar-refractivity contribution in [3.05, 3.63) is 0 Å². The van der Waals surface area contributed by atoms with E-state index in [9.17, 15) is 0 Å². The second-order valence-corrected chi connectivity index (χ2v) is 15.0. The molecule has 0 heterocycles. The minimum atomic E-state index is -0.0679. The Bertz CT molecular complexity index is 640. The summed E-state index contributed by atoms with van der Waals surface area (Å²) in [4.78, 5) is 0. The molecule has 3 saturated carbocycles. The monoisotopic (exact) mass is 522 g/mol. The molecule has 11 unspecified atom stereocenters. The van der Waals surface area contributed by atoms with Gasteiger partial charge in [-0.25, -0.2) is 0 Å². The van der Waals surface area contributed by atoms with Crippen molar-refractivity contribution in [3.8, 4) is 0 Å². The van der Waals surface area contributed by atoms with E-state index in [-0.39, 0.29) is 22.4 Å². The van der Waals surface area contributed by atoms with Gasteiger partial charge in [-0.2, -0.15) is 12.6 Å². The molecule has 3 rings (SSSR count). The van der Waals surface area contributed by atoms with Gasteiger partial charge in [-0.15, -0.1) is 0 Å². The Morgan fingerprint density at radius 1 is 0.917 bits per heavy atom. The van der Waals surface area contributed by atoms with E-state index in [0.29, 0.717) is 28.9 Å². The van der Waals surface area contributed by atoms with Gasteiger partial charge in [-0.3, -0.25) is 0 Å². The zero-order valence-electron chi connectivity index (χ0n) is 25.9. The number of fused-ring (bicyclic) bond motifs is 1. The van der Waals surface area contributed by atoms with Crippen LogP contribution in [0.1, 0.15) is 146 Å². The molecule has 0 aliphatic heterocycles. The zero-order valence-corrected chi connectivity index (χ0v) is 26.8. The Morgan fingerprint density at radius 2 is 1.58 bits per heavy atom. The van der Waals surface area contributed by atoms with E-state index in [1.54, 1.807) is 0 Å². The van der Waals surface area contributed by atoms with Gasteiger partial charge in [0.05, 0.1) is 0 Å². The van der Waals surface area contributed by atoms with Crippen LogP contribution in [0, 0.1) is 46.3 Å². The lowest BCUT2D eigenvalue weighted by molar-refractivity contribution is -0.141. The molecule has 0 aromatic heterocycles. The van der Waals surface area contributed by atoms with Crippen LogP contribution in [-0.2, 0) is 0 Å². The molecule has 0 radical (unpaired) electrons. The second-order valence-electron chi connectivity index (χ2n) is 14.3. The summed E-state index contributed by atoms with van der Waals surface area (Å²) >= 11 is 4.87. The SMILES string of the molecule is CC1CC(S)C(N)C(CC2(C)C(C)CCC3(C)C(C)CCCC32N)C1C.CCCCC(CC)CCC. The number of hydrogen-bond acceptors (Lipinski definition) is 3. The highest BCUT2D eigenvalue weighted by molar-refractivity contribution is 7.81. The van der Waals surface area contributed by atoms with E-state index in [1.807, 2.05) is 0 Å². The summed E-state index contributed by atoms with van der Waals surface area (Å²) in [5.74, 6) is 4.31. The maximum Gasteiger partial charge on any atom is 0.0268 e. The molecule has 3 aliphatic carbocycles. The van der Waals surface area contributed by atoms with Crippen LogP contribution in [0.2, 0.25) is 0 Å². The summed E-state index contributed by atoms with van der Waals surface area (Å²) in [5.41, 5.74) is 14.6. The average Bonchev–Trinajstić information content (AvgIpc) is 2.84. The van der Waals surface area contributed by atoms with Crippen LogP contribution in [0.25, 0.3) is 0 Å². The van der Waals surface area contributed by atoms with Crippen molar-refractivity contribution in [2.24, 2.45) is 57.8 Å². The van der Waals surface area contributed by atoms with Crippen molar-refractivity contribution in [2.45, 2.75) is 163 Å². The Morgan fingerprint density at radius 3 is 2.17 bits per heavy atom. The van der Waals surface area contributed by atoms with Crippen molar-refractivity contribution < 1.29 is 0 Å². The molecule has 0 aromatic rings. The summed E-state index contributed by atoms with van der Waals surface area (Å²) in [6, 6.07) is 0.200. The minimum Gasteiger partial charge on any atom is -0.326 e. The number of nitrogens with two attached hydrogens (primary N) is 2. The van der Waals surface area contributed by atoms with E-state index in [2.05, 4.69) is 62.3 Å². The van der Waals surface area contributed by atoms with Gasteiger partial charge in [0, 0.05) is 16.8 Å². The lowest BCUT2D eigenvalue weighted by Gasteiger charge is -2.68. The molecular weight excluding hydrogens is 456 g/mol. The van der Waals surface area contributed by atoms with Gasteiger partial charge in [0.15, 0.2) is 0 Å². The first-order valence-corrected chi connectivity index (χ1v) is 16.6. The van der Waals surface area contributed by atoms with Crippen molar-refractivity contribution in [1.29, 1.82) is 0 Å². The maximum absolute atomic E-state index is 7.48. The standard InChI is InChI=1S/C23H44N2S.C10H22/c1-14-12-19(26)20(24)18(17(14)4)13-22(6)16(3)9-11-21(5)15(2)8-7-10-23(21,22)25;1-4-7-9-10(6-3)8-5-2/h14-20,26H,7-13,24-25H2,1-6H3;10H,4-9H2,1-3H3. The fraction of sp³-hybridized carbons (Fsp3) is 1.00. The molecule has 11 atom stereocenters. The Balaban J connectivity index is 0.000000388. The highest BCUT2D eigenvalue weighted by atomic mass is 32.1. The first-order chi connectivity index (χ1) is 16.8. The quantitative estimate of drug-likeness (QED) is 0.278. The van der Waals surface area contributed by atoms with Crippen LogP contribution in [0.15, 0.2) is 0 Å². The van der Waals surface area contributed by atoms with Crippen molar-refractivity contribution in [1.82, 2.24) is 0 Å². The normalized spacial score (nSPS) is 45.8. The van der Waals surface area contributed by atoms with Crippen LogP contribution >= 0.6 is 12.6 Å². The third-order valence-corrected chi connectivity index (χ3v) is 13.1. The minimum absolute atomic E-state index is 0.0679. The first kappa shape index (κ1) is 32.5. The highest BCUT2D eigenvalue weighted by Gasteiger charge is 2.64. The van der Waals surface area contributed by atoms with Crippen LogP contribution in [0.3, 0.4) is 0 Å². The summed E-state index contributed by atoms with van der Waals surface area (Å²) in [7, 11) is 0. The van der Waals surface area contributed by atoms with Crippen molar-refractivity contribution in [2.75, 3.05) is 0 Å². The highest BCUT2D eigenvalue weighted by Crippen LogP contribution is 2.65. The predicted molar refractivity (Wildman–Crippen MR) is 165 cm³/mol. The van der Waals surface area contributed by atoms with Crippen LogP contribution in [0.5, 0.6) is 0 Å². The third-order valence-electron chi connectivity index (χ3n) is 12.5. The molecule has 0 aromatic carbocycles. The predicted octanol–water partition coefficient (Wildman–Crippen LogP) is 9.26. The lowest BCUT2D eigenvalue weighted by atomic mass is 9.40. The van der Waals surface area contributed by atoms with E-state index >= 15 is 0 Å². The first-order valence-electron chi connectivity index (χ1n) is 16.0. The molecule has 4 N–H and O–H groups in total. The van der Waals surface area contributed by atoms with Crippen LogP contribution in [-0.4, -0.2) is 16.8 Å². The number of rotatable bonds is 8. The molecule has 214 valence electrons. The van der Waals surface area contributed by atoms with Crippen molar-refractivity contribution >= 4 is 12.6 Å². The Labute approximate surface area is 232 Å². The number of unbranched alkanes of at least 4 members (excludes halogenated alkanes) is 1. The van der Waals surface area contributed by atoms with E-state index in [1.165, 1.54) is 77.0 Å². The third kappa shape index (κ3) is 6.35. The van der Waals surface area contributed by atoms with E-state index < -0.39 is 0 Å². The van der Waals surface area contributed by atoms with Gasteiger partial charge < -0.3 is 11.5 Å². The second kappa shape index (κ2) is 13.6. The summed E-state index contributed by atoms with van der Waals surface area (Å²) in [6.45, 7) is 21.7. The van der Waals surface area contributed by atoms with Gasteiger partial charge in [-0.05, 0) is 78.4 Å². The molecule has 3 fully saturated rings. The van der Waals surface area contributed by atoms with Crippen LogP contribution in [0.4, 0.5) is 0 Å². The smallest absolute Gasteiger partial charge is 0.0268 e. The Hall–Kier alpha value is 0.270. The summed E-state index contributed by atoms with van der Waals surface area (Å²) < 4.78 is 0. The lowest BCUT2D eigenvalue weighted by Crippen LogP contribution is -2.72. The molecule has 3 aliphatic rings. The van der Waals surface area contributed by atoms with Gasteiger partial charge in [0.2, 0.25) is 0 Å². The topological polar surface area (TPSA) is 52.0 Å². The molecule has 36 heavy (non-hydrogen) atoms. The van der Waals surface area contributed by atoms with Crippen molar-refractivity contribution in [3.63, 3.8) is 0 Å². The van der Waals surface area contributed by atoms with Gasteiger partial charge in [0.1, 0.15) is 0 Å². The van der Waals surface area contributed by atoms with E-state index in [0.717, 1.165) is 18.3 Å². The van der Waals surface area contributed by atoms with Gasteiger partial charge in [0.25, 0.3) is 0 Å². The molecule has 3 heteroatoms. The summed E-state index contributed by atoms with van der Waals surface area (Å²) in [6.07, 6.45) is 17.2. The molecule has 0 amide bonds. The van der Waals surface area contributed by atoms with E-state index in [4.69, 9.17) is 24.1 Å². The number of hydrogen-bond donors (Lipinski definition) is 3. The fourth-order valence-electron chi connectivity index (χ4n) is 8.87. The molecule has 0 saturated heterocycles.